The van der Waals surface area contributed by atoms with Crippen molar-refractivity contribution in [3.8, 4) is 5.75 Å². The first-order valence-corrected chi connectivity index (χ1v) is 18.1. The molecule has 2 aliphatic heterocycles. The van der Waals surface area contributed by atoms with Crippen molar-refractivity contribution in [2.24, 2.45) is 23.7 Å². The Bertz CT molecular complexity index is 2330. The van der Waals surface area contributed by atoms with E-state index in [1.54, 1.807) is 54.6 Å². The largest absolute Gasteiger partial charge is 0.508 e. The molecule has 9 rings (SSSR count). The Morgan fingerprint density at radius 3 is 2.08 bits per heavy atom. The number of hydrogen-bond acceptors (Lipinski definition) is 6. The van der Waals surface area contributed by atoms with E-state index in [9.17, 15) is 19.5 Å². The van der Waals surface area contributed by atoms with Gasteiger partial charge in [-0.25, -0.2) is 4.90 Å². The van der Waals surface area contributed by atoms with Crippen LogP contribution in [0.5, 0.6) is 5.75 Å². The fourth-order valence-corrected chi connectivity index (χ4v) is 9.64. The zero-order chi connectivity index (χ0) is 36.4. The van der Waals surface area contributed by atoms with Gasteiger partial charge < -0.3 is 10.4 Å². The fraction of sp³-hybridized carbons (Fsp3) is 0.182. The highest BCUT2D eigenvalue weighted by molar-refractivity contribution is 6.32. The minimum atomic E-state index is -1.41. The highest BCUT2D eigenvalue weighted by Crippen LogP contribution is 2.64. The summed E-state index contributed by atoms with van der Waals surface area (Å²) in [5, 5.41) is 14.5. The highest BCUT2D eigenvalue weighted by Gasteiger charge is 2.70. The van der Waals surface area contributed by atoms with Crippen LogP contribution in [0.25, 0.3) is 0 Å². The summed E-state index contributed by atoms with van der Waals surface area (Å²) < 4.78 is 0. The van der Waals surface area contributed by atoms with Crippen molar-refractivity contribution in [1.82, 2.24) is 0 Å². The van der Waals surface area contributed by atoms with Crippen LogP contribution in [0, 0.1) is 23.7 Å². The number of imide groups is 2. The Balaban J connectivity index is 1.16. The van der Waals surface area contributed by atoms with Gasteiger partial charge in [0.15, 0.2) is 0 Å². The average Bonchev–Trinajstić information content (AvgIpc) is 3.56. The van der Waals surface area contributed by atoms with Crippen LogP contribution < -0.4 is 15.1 Å². The van der Waals surface area contributed by atoms with Crippen molar-refractivity contribution >= 4 is 58.0 Å². The van der Waals surface area contributed by atoms with Crippen LogP contribution >= 0.6 is 11.6 Å². The van der Waals surface area contributed by atoms with Crippen LogP contribution in [-0.2, 0) is 24.6 Å². The summed E-state index contributed by atoms with van der Waals surface area (Å²) in [6.07, 6.45) is 2.50. The molecule has 1 saturated carbocycles. The molecule has 9 heteroatoms. The van der Waals surface area contributed by atoms with Crippen LogP contribution in [0.15, 0.2) is 145 Å². The van der Waals surface area contributed by atoms with E-state index in [1.165, 1.54) is 9.80 Å². The lowest BCUT2D eigenvalue weighted by molar-refractivity contribution is -0.127. The molecule has 3 fully saturated rings. The van der Waals surface area contributed by atoms with Crippen molar-refractivity contribution in [1.29, 1.82) is 0 Å². The maximum atomic E-state index is 15.3. The number of allylic oxidation sites excluding steroid dienone is 2. The number of para-hydroxylation sites is 1. The van der Waals surface area contributed by atoms with Crippen LogP contribution in [0.4, 0.5) is 22.7 Å². The van der Waals surface area contributed by atoms with Gasteiger partial charge in [0.05, 0.1) is 34.5 Å². The maximum absolute atomic E-state index is 15.3. The van der Waals surface area contributed by atoms with Crippen molar-refractivity contribution in [3.63, 3.8) is 0 Å². The first-order valence-electron chi connectivity index (χ1n) is 17.8. The molecule has 4 amide bonds. The zero-order valence-electron chi connectivity index (χ0n) is 28.4. The summed E-state index contributed by atoms with van der Waals surface area (Å²) in [7, 11) is 0. The molecule has 5 aromatic carbocycles. The highest BCUT2D eigenvalue weighted by atomic mass is 35.5. The number of rotatable bonds is 6. The second kappa shape index (κ2) is 12.6. The first kappa shape index (κ1) is 32.9. The van der Waals surface area contributed by atoms with Gasteiger partial charge in [-0.2, -0.15) is 0 Å². The SMILES string of the molecule is O=C1[C@H]2[C@H](CC=C3[C@H]2C[C@H]2C(=O)N(c4cccc(Cl)c4)C(=O)[C@@]2(c2ccccc2)[C@H]3c2cccc(O)c2)C(=O)N1c1ccc(Nc2ccccc2)cc1. The minimum absolute atomic E-state index is 0.0191. The minimum Gasteiger partial charge on any atom is -0.508 e. The lowest BCUT2D eigenvalue weighted by Crippen LogP contribution is -2.53. The third-order valence-corrected chi connectivity index (χ3v) is 11.8. The molecule has 2 N–H and O–H groups in total. The second-order valence-electron chi connectivity index (χ2n) is 14.2. The van der Waals surface area contributed by atoms with Crippen LogP contribution in [0.2, 0.25) is 5.02 Å². The summed E-state index contributed by atoms with van der Waals surface area (Å²) >= 11 is 6.40. The molecule has 0 spiro atoms. The zero-order valence-corrected chi connectivity index (χ0v) is 29.2. The molecule has 262 valence electrons. The number of phenolic OH excluding ortho intramolecular Hbond substituents is 1. The number of amides is 4. The van der Waals surface area contributed by atoms with Gasteiger partial charge in [-0.15, -0.1) is 0 Å². The van der Waals surface area contributed by atoms with E-state index in [0.29, 0.717) is 33.9 Å². The number of anilines is 4. The number of carbonyl (C=O) groups excluding carboxylic acids is 4. The Hall–Kier alpha value is -5.99. The maximum Gasteiger partial charge on any atom is 0.246 e. The molecule has 0 bridgehead atoms. The summed E-state index contributed by atoms with van der Waals surface area (Å²) in [4.78, 5) is 61.5. The summed E-state index contributed by atoms with van der Waals surface area (Å²) in [5.74, 6) is -4.83. The average molecular weight is 720 g/mol. The van der Waals surface area contributed by atoms with E-state index in [0.717, 1.165) is 16.9 Å². The molecule has 6 atom stereocenters. The Morgan fingerprint density at radius 1 is 0.660 bits per heavy atom. The van der Waals surface area contributed by atoms with Gasteiger partial charge in [0.2, 0.25) is 23.6 Å². The van der Waals surface area contributed by atoms with Crippen LogP contribution in [-0.4, -0.2) is 28.7 Å². The van der Waals surface area contributed by atoms with Crippen molar-refractivity contribution in [2.45, 2.75) is 24.2 Å². The molecule has 2 heterocycles. The lowest BCUT2D eigenvalue weighted by atomic mass is 9.49. The predicted molar refractivity (Wildman–Crippen MR) is 203 cm³/mol. The first-order chi connectivity index (χ1) is 25.8. The molecule has 8 nitrogen and oxygen atoms in total. The number of nitrogens with zero attached hydrogens (tertiary/aromatic N) is 2. The number of phenols is 1. The number of fused-ring (bicyclic) bond motifs is 4. The molecular formula is C44H34ClN3O5. The summed E-state index contributed by atoms with van der Waals surface area (Å²) in [6, 6.07) is 39.8. The lowest BCUT2D eigenvalue weighted by Gasteiger charge is -2.50. The molecule has 0 radical (unpaired) electrons. The molecule has 5 aromatic rings. The van der Waals surface area contributed by atoms with E-state index in [4.69, 9.17) is 11.6 Å². The summed E-state index contributed by atoms with van der Waals surface area (Å²) in [6.45, 7) is 0. The van der Waals surface area contributed by atoms with Gasteiger partial charge in [-0.1, -0.05) is 90.0 Å². The normalized spacial score (nSPS) is 26.2. The van der Waals surface area contributed by atoms with Gasteiger partial charge in [-0.05, 0) is 96.6 Å². The number of benzene rings is 5. The molecule has 53 heavy (non-hydrogen) atoms. The second-order valence-corrected chi connectivity index (χ2v) is 14.7. The fourth-order valence-electron chi connectivity index (χ4n) is 9.46. The third-order valence-electron chi connectivity index (χ3n) is 11.6. The smallest absolute Gasteiger partial charge is 0.246 e. The van der Waals surface area contributed by atoms with Crippen molar-refractivity contribution < 1.29 is 24.3 Å². The van der Waals surface area contributed by atoms with E-state index in [1.807, 2.05) is 84.9 Å². The van der Waals surface area contributed by atoms with Gasteiger partial charge in [0, 0.05) is 22.3 Å². The van der Waals surface area contributed by atoms with E-state index in [2.05, 4.69) is 5.32 Å². The standard InChI is InChI=1S/C44H34ClN3O5/c45-28-12-8-15-32(24-28)48-41(51)37-25-36-34(39(26-9-7-16-33(49)23-26)44(37,43(48)53)27-10-3-1-4-11-27)21-22-35-38(36)42(52)47(40(35)50)31-19-17-30(18-20-31)46-29-13-5-2-6-14-29/h1-21,23-24,35-39,46,49H,22,25H2/t35-,36+,37-,38-,39-,44+/m0/s1. The molecule has 2 saturated heterocycles. The Labute approximate surface area is 311 Å². The third kappa shape index (κ3) is 5.04. The van der Waals surface area contributed by atoms with E-state index in [-0.39, 0.29) is 29.9 Å². The van der Waals surface area contributed by atoms with Gasteiger partial charge in [-0.3, -0.25) is 24.1 Å². The van der Waals surface area contributed by atoms with Crippen LogP contribution in [0.3, 0.4) is 0 Å². The molecule has 4 aliphatic rings. The summed E-state index contributed by atoms with van der Waals surface area (Å²) in [5.41, 5.74) is 3.32. The molecule has 0 unspecified atom stereocenters. The van der Waals surface area contributed by atoms with Gasteiger partial charge in [0.1, 0.15) is 5.75 Å². The van der Waals surface area contributed by atoms with Crippen molar-refractivity contribution in [3.05, 3.63) is 161 Å². The molecule has 2 aliphatic carbocycles. The Kier molecular flexibility index (Phi) is 7.82. The molecule has 0 aromatic heterocycles. The van der Waals surface area contributed by atoms with Gasteiger partial charge in [0.25, 0.3) is 0 Å². The van der Waals surface area contributed by atoms with Gasteiger partial charge >= 0.3 is 0 Å². The number of halogens is 1. The number of hydrogen-bond donors (Lipinski definition) is 2. The quantitative estimate of drug-likeness (QED) is 0.136. The van der Waals surface area contributed by atoms with Crippen molar-refractivity contribution in [2.75, 3.05) is 15.1 Å². The predicted octanol–water partition coefficient (Wildman–Crippen LogP) is 8.16. The number of nitrogens with one attached hydrogen (secondary N) is 1. The number of aromatic hydroxyl groups is 1. The topological polar surface area (TPSA) is 107 Å². The number of carbonyl (C=O) groups is 4. The van der Waals surface area contributed by atoms with E-state index >= 15 is 4.79 Å². The molecular weight excluding hydrogens is 686 g/mol. The van der Waals surface area contributed by atoms with Crippen LogP contribution in [0.1, 0.15) is 29.9 Å². The monoisotopic (exact) mass is 719 g/mol. The van der Waals surface area contributed by atoms with E-state index < -0.39 is 40.9 Å². The Morgan fingerprint density at radius 2 is 1.36 bits per heavy atom.